The molecule has 0 radical (unpaired) electrons. The number of benzene rings is 4. The summed E-state index contributed by atoms with van der Waals surface area (Å²) < 4.78 is 80.2. The van der Waals surface area contributed by atoms with Gasteiger partial charge in [0.15, 0.2) is 0 Å². The maximum absolute atomic E-state index is 14.0. The molecule has 8 nitrogen and oxygen atoms in total. The summed E-state index contributed by atoms with van der Waals surface area (Å²) in [7, 11) is -2.97. The Hall–Kier alpha value is -4.84. The summed E-state index contributed by atoms with van der Waals surface area (Å²) in [5.74, 6) is -0.337. The number of alkyl halides is 3. The van der Waals surface area contributed by atoms with E-state index in [4.69, 9.17) is 9.47 Å². The van der Waals surface area contributed by atoms with Gasteiger partial charge in [0.25, 0.3) is 10.0 Å². The molecular weight excluding hydrogens is 621 g/mol. The summed E-state index contributed by atoms with van der Waals surface area (Å²) in [6.45, 7) is 2.04. The number of aryl methyl sites for hydroxylation is 1. The van der Waals surface area contributed by atoms with Gasteiger partial charge >= 0.3 is 12.1 Å². The molecule has 0 aliphatic carbocycles. The number of fused-ring (bicyclic) bond motifs is 1. The average Bonchev–Trinajstić information content (AvgIpc) is 3.44. The second-order valence-corrected chi connectivity index (χ2v) is 12.5. The number of hydrogen-bond acceptors (Lipinski definition) is 6. The number of nitrogens with zero attached hydrogens (tertiary/aromatic N) is 1. The van der Waals surface area contributed by atoms with Gasteiger partial charge in [-0.3, -0.25) is 13.9 Å². The van der Waals surface area contributed by atoms with Gasteiger partial charge in [-0.15, -0.1) is 0 Å². The molecule has 0 saturated carbocycles. The first-order valence-electron chi connectivity index (χ1n) is 14.4. The highest BCUT2D eigenvalue weighted by Gasteiger charge is 2.42. The van der Waals surface area contributed by atoms with E-state index in [2.05, 4.69) is 5.32 Å². The van der Waals surface area contributed by atoms with Gasteiger partial charge in [0.1, 0.15) is 18.4 Å². The number of methoxy groups -OCH3 is 1. The summed E-state index contributed by atoms with van der Waals surface area (Å²) in [6, 6.07) is 21.2. The zero-order valence-corrected chi connectivity index (χ0v) is 25.8. The largest absolute Gasteiger partial charge is 0.492 e. The molecule has 4 aromatic rings. The lowest BCUT2D eigenvalue weighted by atomic mass is 9.99. The Bertz CT molecular complexity index is 1860. The molecule has 0 unspecified atom stereocenters. The van der Waals surface area contributed by atoms with Gasteiger partial charge in [0.05, 0.1) is 36.2 Å². The van der Waals surface area contributed by atoms with Crippen LogP contribution in [-0.4, -0.2) is 46.6 Å². The molecule has 240 valence electrons. The zero-order valence-electron chi connectivity index (χ0n) is 25.0. The van der Waals surface area contributed by atoms with E-state index in [1.165, 1.54) is 49.6 Å². The number of ether oxygens (including phenoxy) is 2. The first-order chi connectivity index (χ1) is 21.9. The highest BCUT2D eigenvalue weighted by Crippen LogP contribution is 2.39. The molecule has 1 aliphatic rings. The monoisotopic (exact) mass is 652 g/mol. The summed E-state index contributed by atoms with van der Waals surface area (Å²) in [5.41, 5.74) is 1.97. The molecule has 1 amide bonds. The quantitative estimate of drug-likeness (QED) is 0.174. The number of para-hydroxylation sites is 1. The highest BCUT2D eigenvalue weighted by molar-refractivity contribution is 7.93. The number of hydrogen-bond donors (Lipinski definition) is 1. The smallest absolute Gasteiger partial charge is 0.417 e. The van der Waals surface area contributed by atoms with E-state index < -0.39 is 33.7 Å². The number of halogens is 3. The molecule has 1 atom stereocenters. The van der Waals surface area contributed by atoms with Crippen molar-refractivity contribution in [2.24, 2.45) is 0 Å². The van der Waals surface area contributed by atoms with Crippen LogP contribution in [-0.2, 0) is 43.4 Å². The third kappa shape index (κ3) is 6.86. The van der Waals surface area contributed by atoms with Crippen molar-refractivity contribution in [3.63, 3.8) is 0 Å². The lowest BCUT2D eigenvalue weighted by Crippen LogP contribution is -2.48. The van der Waals surface area contributed by atoms with Crippen LogP contribution in [0.2, 0.25) is 0 Å². The van der Waals surface area contributed by atoms with Crippen LogP contribution in [0.4, 0.5) is 18.9 Å². The topological polar surface area (TPSA) is 102 Å². The molecular formula is C34H31F3N2O6S. The Morgan fingerprint density at radius 3 is 2.35 bits per heavy atom. The van der Waals surface area contributed by atoms with E-state index in [0.29, 0.717) is 17.0 Å². The van der Waals surface area contributed by atoms with Gasteiger partial charge in [0.2, 0.25) is 5.91 Å². The van der Waals surface area contributed by atoms with Crippen LogP contribution in [0, 0.1) is 6.92 Å². The van der Waals surface area contributed by atoms with Crippen molar-refractivity contribution in [2.75, 3.05) is 24.6 Å². The van der Waals surface area contributed by atoms with E-state index in [-0.39, 0.29) is 48.0 Å². The van der Waals surface area contributed by atoms with Crippen LogP contribution >= 0.6 is 0 Å². The van der Waals surface area contributed by atoms with E-state index in [9.17, 15) is 31.2 Å². The van der Waals surface area contributed by atoms with Crippen molar-refractivity contribution >= 4 is 27.6 Å². The lowest BCUT2D eigenvalue weighted by Gasteiger charge is -2.26. The molecule has 46 heavy (non-hydrogen) atoms. The molecule has 1 aliphatic heterocycles. The molecule has 4 aromatic carbocycles. The van der Waals surface area contributed by atoms with Gasteiger partial charge in [-0.05, 0) is 71.1 Å². The Morgan fingerprint density at radius 2 is 1.65 bits per heavy atom. The van der Waals surface area contributed by atoms with Crippen LogP contribution in [0.1, 0.15) is 22.3 Å². The minimum atomic E-state index is -4.58. The van der Waals surface area contributed by atoms with Crippen molar-refractivity contribution < 1.29 is 40.7 Å². The number of sulfonamides is 1. The van der Waals surface area contributed by atoms with Crippen molar-refractivity contribution in [1.82, 2.24) is 5.32 Å². The number of carbonyl (C=O) groups excluding carboxylic acids is 2. The Labute approximate surface area is 264 Å². The SMILES string of the molecule is COC(=O)Cc1ccc(OCCNC(=O)[C@@H]2Cc3ccccc3N2S(=O)(=O)c2ccc(-c3ccccc3C(F)(F)F)cc2)cc1C. The zero-order chi connectivity index (χ0) is 33.1. The van der Waals surface area contributed by atoms with Gasteiger partial charge in [-0.2, -0.15) is 13.2 Å². The van der Waals surface area contributed by atoms with Gasteiger partial charge < -0.3 is 14.8 Å². The summed E-state index contributed by atoms with van der Waals surface area (Å²) in [4.78, 5) is 24.8. The molecule has 1 heterocycles. The van der Waals surface area contributed by atoms with Crippen molar-refractivity contribution in [3.05, 3.63) is 113 Å². The van der Waals surface area contributed by atoms with Crippen molar-refractivity contribution in [1.29, 1.82) is 0 Å². The standard InChI is InChI=1S/C34H31F3N2O6S/c1-22-19-26(14-11-24(22)21-32(40)44-2)45-18-17-38-33(41)31-20-25-7-3-6-10-30(25)39(31)46(42,43)27-15-12-23(13-16-27)28-8-4-5-9-29(28)34(35,36)37/h3-16,19,31H,17-18,20-21H2,1-2H3,(H,38,41)/t31-/m0/s1. The third-order valence-electron chi connectivity index (χ3n) is 7.73. The normalized spacial score (nSPS) is 14.5. The number of carbonyl (C=O) groups is 2. The van der Waals surface area contributed by atoms with Crippen LogP contribution in [0.5, 0.6) is 5.75 Å². The van der Waals surface area contributed by atoms with E-state index in [1.54, 1.807) is 42.5 Å². The summed E-state index contributed by atoms with van der Waals surface area (Å²) in [6.07, 6.45) is -4.31. The maximum atomic E-state index is 14.0. The molecule has 1 N–H and O–H groups in total. The highest BCUT2D eigenvalue weighted by atomic mass is 32.2. The number of nitrogens with one attached hydrogen (secondary N) is 1. The first-order valence-corrected chi connectivity index (χ1v) is 15.8. The number of amides is 1. The average molecular weight is 653 g/mol. The molecule has 0 fully saturated rings. The Kier molecular flexibility index (Phi) is 9.38. The second-order valence-electron chi connectivity index (χ2n) is 10.7. The molecule has 0 bridgehead atoms. The van der Waals surface area contributed by atoms with E-state index in [0.717, 1.165) is 21.5 Å². The Morgan fingerprint density at radius 1 is 0.957 bits per heavy atom. The fraction of sp³-hybridized carbons (Fsp3) is 0.235. The fourth-order valence-electron chi connectivity index (χ4n) is 5.40. The van der Waals surface area contributed by atoms with Gasteiger partial charge in [0, 0.05) is 6.42 Å². The van der Waals surface area contributed by atoms with Crippen LogP contribution in [0.25, 0.3) is 11.1 Å². The lowest BCUT2D eigenvalue weighted by molar-refractivity contribution is -0.140. The minimum Gasteiger partial charge on any atom is -0.492 e. The van der Waals surface area contributed by atoms with Crippen LogP contribution < -0.4 is 14.4 Å². The maximum Gasteiger partial charge on any atom is 0.417 e. The number of rotatable bonds is 10. The Balaban J connectivity index is 1.30. The fourth-order valence-corrected chi connectivity index (χ4v) is 7.05. The van der Waals surface area contributed by atoms with Gasteiger partial charge in [-0.1, -0.05) is 54.6 Å². The predicted octanol–water partition coefficient (Wildman–Crippen LogP) is 5.71. The van der Waals surface area contributed by atoms with Crippen molar-refractivity contribution in [3.8, 4) is 16.9 Å². The molecule has 5 rings (SSSR count). The second kappa shape index (κ2) is 13.3. The summed E-state index contributed by atoms with van der Waals surface area (Å²) >= 11 is 0. The summed E-state index contributed by atoms with van der Waals surface area (Å²) in [5, 5.41) is 2.76. The number of anilines is 1. The molecule has 0 spiro atoms. The van der Waals surface area contributed by atoms with Crippen molar-refractivity contribution in [2.45, 2.75) is 36.9 Å². The third-order valence-corrected chi connectivity index (χ3v) is 9.57. The first kappa shape index (κ1) is 32.6. The van der Waals surface area contributed by atoms with Crippen LogP contribution in [0.3, 0.4) is 0 Å². The molecule has 0 saturated heterocycles. The van der Waals surface area contributed by atoms with Gasteiger partial charge in [-0.25, -0.2) is 8.42 Å². The van der Waals surface area contributed by atoms with E-state index >= 15 is 0 Å². The van der Waals surface area contributed by atoms with Crippen LogP contribution in [0.15, 0.2) is 95.9 Å². The minimum absolute atomic E-state index is 0.0720. The van der Waals surface area contributed by atoms with E-state index in [1.807, 2.05) is 6.92 Å². The predicted molar refractivity (Wildman–Crippen MR) is 166 cm³/mol. The molecule has 12 heteroatoms. The molecule has 0 aromatic heterocycles. The number of esters is 1.